The number of benzene rings is 1. The molecule has 0 aliphatic carbocycles. The Balaban J connectivity index is 1.41. The van der Waals surface area contributed by atoms with E-state index in [4.69, 9.17) is 0 Å². The first kappa shape index (κ1) is 17.2. The molecule has 8 nitrogen and oxygen atoms in total. The van der Waals surface area contributed by atoms with Crippen LogP contribution < -0.4 is 5.32 Å². The summed E-state index contributed by atoms with van der Waals surface area (Å²) in [7, 11) is 0. The van der Waals surface area contributed by atoms with E-state index in [-0.39, 0.29) is 0 Å². The van der Waals surface area contributed by atoms with E-state index in [1.807, 2.05) is 35.2 Å². The molecule has 1 aromatic carbocycles. The molecule has 1 aliphatic heterocycles. The summed E-state index contributed by atoms with van der Waals surface area (Å²) in [5.41, 5.74) is 3.51. The molecule has 3 aromatic rings. The van der Waals surface area contributed by atoms with Crippen LogP contribution in [-0.2, 0) is 24.3 Å². The van der Waals surface area contributed by atoms with Crippen molar-refractivity contribution in [2.75, 3.05) is 11.9 Å². The Labute approximate surface area is 156 Å². The second kappa shape index (κ2) is 7.55. The second-order valence-electron chi connectivity index (χ2n) is 6.48. The summed E-state index contributed by atoms with van der Waals surface area (Å²) >= 11 is 0. The van der Waals surface area contributed by atoms with Crippen molar-refractivity contribution in [1.82, 2.24) is 24.8 Å². The molecule has 0 saturated carbocycles. The van der Waals surface area contributed by atoms with E-state index < -0.39 is 12.0 Å². The lowest BCUT2D eigenvalue weighted by Gasteiger charge is -2.31. The van der Waals surface area contributed by atoms with Gasteiger partial charge in [-0.1, -0.05) is 30.3 Å². The monoisotopic (exact) mass is 364 g/mol. The zero-order chi connectivity index (χ0) is 18.6. The van der Waals surface area contributed by atoms with Crippen molar-refractivity contribution in [1.29, 1.82) is 0 Å². The van der Waals surface area contributed by atoms with E-state index in [1.54, 1.807) is 18.7 Å². The number of H-pyrrole nitrogens is 1. The Morgan fingerprint density at radius 1 is 1.19 bits per heavy atom. The topological polar surface area (TPSA) is 107 Å². The Morgan fingerprint density at radius 2 is 1.96 bits per heavy atom. The van der Waals surface area contributed by atoms with Gasteiger partial charge in [-0.15, -0.1) is 0 Å². The van der Waals surface area contributed by atoms with Crippen LogP contribution in [0.2, 0.25) is 0 Å². The number of nitrogens with zero attached hydrogens (tertiary/aromatic N) is 4. The van der Waals surface area contributed by atoms with E-state index in [0.29, 0.717) is 31.3 Å². The van der Waals surface area contributed by atoms with Crippen molar-refractivity contribution in [3.8, 4) is 0 Å². The van der Waals surface area contributed by atoms with Gasteiger partial charge in [0.15, 0.2) is 6.04 Å². The molecular formula is C19H20N6O2. The van der Waals surface area contributed by atoms with Crippen molar-refractivity contribution < 1.29 is 9.90 Å². The fourth-order valence-electron chi connectivity index (χ4n) is 3.31. The van der Waals surface area contributed by atoms with Crippen LogP contribution in [0.1, 0.15) is 28.6 Å². The van der Waals surface area contributed by atoms with Gasteiger partial charge in [0, 0.05) is 49.7 Å². The fraction of sp³-hybridized carbons (Fsp3) is 0.263. The van der Waals surface area contributed by atoms with Crippen LogP contribution in [-0.4, -0.2) is 42.5 Å². The molecule has 3 heterocycles. The molecule has 0 spiro atoms. The van der Waals surface area contributed by atoms with Gasteiger partial charge in [0.1, 0.15) is 0 Å². The third kappa shape index (κ3) is 3.80. The molecule has 0 radical (unpaired) electrons. The normalized spacial score (nSPS) is 16.7. The molecule has 1 aliphatic rings. The minimum atomic E-state index is -0.898. The van der Waals surface area contributed by atoms with Gasteiger partial charge >= 0.3 is 5.97 Å². The second-order valence-corrected chi connectivity index (χ2v) is 6.48. The maximum Gasteiger partial charge on any atom is 0.327 e. The molecule has 0 amide bonds. The number of fused-ring (bicyclic) bond motifs is 1. The lowest BCUT2D eigenvalue weighted by Crippen LogP contribution is -2.39. The van der Waals surface area contributed by atoms with Gasteiger partial charge in [0.25, 0.3) is 0 Å². The zero-order valence-electron chi connectivity index (χ0n) is 14.7. The highest BCUT2D eigenvalue weighted by Crippen LogP contribution is 2.28. The van der Waals surface area contributed by atoms with E-state index in [2.05, 4.69) is 25.3 Å². The molecule has 8 heteroatoms. The molecule has 0 saturated heterocycles. The molecule has 138 valence electrons. The molecule has 3 N–H and O–H groups in total. The van der Waals surface area contributed by atoms with Crippen molar-refractivity contribution in [3.63, 3.8) is 0 Å². The minimum Gasteiger partial charge on any atom is -0.480 e. The molecule has 1 unspecified atom stereocenters. The summed E-state index contributed by atoms with van der Waals surface area (Å²) < 4.78 is 0. The van der Waals surface area contributed by atoms with Gasteiger partial charge in [0.05, 0.1) is 12.0 Å². The molecule has 27 heavy (non-hydrogen) atoms. The summed E-state index contributed by atoms with van der Waals surface area (Å²) in [5, 5.41) is 12.8. The average Bonchev–Trinajstić information content (AvgIpc) is 3.16. The minimum absolute atomic E-state index is 0.461. The van der Waals surface area contributed by atoms with Gasteiger partial charge in [0.2, 0.25) is 5.95 Å². The number of anilines is 1. The number of rotatable bonds is 6. The summed E-state index contributed by atoms with van der Waals surface area (Å²) in [4.78, 5) is 29.6. The first-order valence-corrected chi connectivity index (χ1v) is 8.78. The Morgan fingerprint density at radius 3 is 2.70 bits per heavy atom. The predicted molar refractivity (Wildman–Crippen MR) is 98.9 cm³/mol. The van der Waals surface area contributed by atoms with Crippen LogP contribution in [0.5, 0.6) is 0 Å². The van der Waals surface area contributed by atoms with E-state index in [1.165, 1.54) is 0 Å². The Bertz CT molecular complexity index is 909. The van der Waals surface area contributed by atoms with Gasteiger partial charge < -0.3 is 15.4 Å². The molecule has 2 aromatic heterocycles. The van der Waals surface area contributed by atoms with Crippen molar-refractivity contribution >= 4 is 11.9 Å². The number of carboxylic acid groups (broad SMARTS) is 1. The van der Waals surface area contributed by atoms with Crippen LogP contribution in [0.3, 0.4) is 0 Å². The number of aliphatic carboxylic acids is 1. The first-order valence-electron chi connectivity index (χ1n) is 8.78. The van der Waals surface area contributed by atoms with Gasteiger partial charge in [-0.3, -0.25) is 9.69 Å². The summed E-state index contributed by atoms with van der Waals surface area (Å²) in [6.07, 6.45) is 5.77. The molecule has 0 bridgehead atoms. The average molecular weight is 364 g/mol. The number of aromatic nitrogens is 4. The number of hydrogen-bond donors (Lipinski definition) is 3. The summed E-state index contributed by atoms with van der Waals surface area (Å²) in [6.45, 7) is 1.75. The number of nitrogens with one attached hydrogen (secondary N) is 2. The van der Waals surface area contributed by atoms with Crippen LogP contribution >= 0.6 is 0 Å². The molecule has 0 fully saturated rings. The number of carboxylic acids is 1. The van der Waals surface area contributed by atoms with Gasteiger partial charge in [-0.05, 0) is 5.56 Å². The number of imidazole rings is 1. The lowest BCUT2D eigenvalue weighted by atomic mass is 10.0. The highest BCUT2D eigenvalue weighted by Gasteiger charge is 2.35. The van der Waals surface area contributed by atoms with Crippen LogP contribution in [0.15, 0.2) is 49.1 Å². The Hall–Kier alpha value is -3.26. The third-order valence-corrected chi connectivity index (χ3v) is 4.64. The quantitative estimate of drug-likeness (QED) is 0.614. The molecular weight excluding hydrogens is 344 g/mol. The number of hydrogen-bond acceptors (Lipinski definition) is 6. The maximum absolute atomic E-state index is 11.8. The first-order chi connectivity index (χ1) is 13.2. The van der Waals surface area contributed by atoms with Gasteiger partial charge in [-0.2, -0.15) is 0 Å². The fourth-order valence-corrected chi connectivity index (χ4v) is 3.31. The highest BCUT2D eigenvalue weighted by atomic mass is 16.4. The van der Waals surface area contributed by atoms with Crippen molar-refractivity contribution in [2.24, 2.45) is 0 Å². The van der Waals surface area contributed by atoms with E-state index in [0.717, 1.165) is 23.2 Å². The Kier molecular flexibility index (Phi) is 4.80. The van der Waals surface area contributed by atoms with Crippen LogP contribution in [0.4, 0.5) is 5.95 Å². The van der Waals surface area contributed by atoms with Crippen LogP contribution in [0, 0.1) is 0 Å². The molecule has 1 atom stereocenters. The van der Waals surface area contributed by atoms with Crippen molar-refractivity contribution in [3.05, 3.63) is 71.6 Å². The summed E-state index contributed by atoms with van der Waals surface area (Å²) in [5.74, 6) is -0.351. The van der Waals surface area contributed by atoms with Gasteiger partial charge in [-0.25, -0.2) is 15.0 Å². The smallest absolute Gasteiger partial charge is 0.327 e. The SMILES string of the molecule is O=C(O)C1c2nc[nH]c2CCN1Cc1cnc(NCc2ccccc2)nc1. The number of aromatic amines is 1. The third-order valence-electron chi connectivity index (χ3n) is 4.64. The predicted octanol–water partition coefficient (Wildman–Crippen LogP) is 2.00. The lowest BCUT2D eigenvalue weighted by molar-refractivity contribution is -0.144. The largest absolute Gasteiger partial charge is 0.480 e. The highest BCUT2D eigenvalue weighted by molar-refractivity contribution is 5.75. The summed E-state index contributed by atoms with van der Waals surface area (Å²) in [6, 6.07) is 9.27. The standard InChI is InChI=1S/C19H20N6O2/c26-18(27)17-16-15(23-12-24-16)6-7-25(17)11-14-9-21-19(22-10-14)20-8-13-4-2-1-3-5-13/h1-5,9-10,12,17H,6-8,11H2,(H,23,24)(H,26,27)(H,20,21,22). The molecule has 4 rings (SSSR count). The zero-order valence-corrected chi connectivity index (χ0v) is 14.7. The van der Waals surface area contributed by atoms with E-state index in [9.17, 15) is 9.90 Å². The maximum atomic E-state index is 11.8. The van der Waals surface area contributed by atoms with E-state index >= 15 is 0 Å². The van der Waals surface area contributed by atoms with Crippen molar-refractivity contribution in [2.45, 2.75) is 25.6 Å². The van der Waals surface area contributed by atoms with Crippen LogP contribution in [0.25, 0.3) is 0 Å². The number of carbonyl (C=O) groups is 1.